The fourth-order valence-corrected chi connectivity index (χ4v) is 1.91. The van der Waals surface area contributed by atoms with Crippen LogP contribution in [0.5, 0.6) is 0 Å². The van der Waals surface area contributed by atoms with E-state index in [-0.39, 0.29) is 0 Å². The van der Waals surface area contributed by atoms with Crippen LogP contribution in [0.3, 0.4) is 0 Å². The average molecular weight is 220 g/mol. The van der Waals surface area contributed by atoms with E-state index in [1.165, 1.54) is 12.8 Å². The molecule has 0 radical (unpaired) electrons. The molecule has 0 amide bonds. The summed E-state index contributed by atoms with van der Waals surface area (Å²) in [6.45, 7) is 5.37. The van der Waals surface area contributed by atoms with Gasteiger partial charge in [-0.3, -0.25) is 4.90 Å². The highest BCUT2D eigenvalue weighted by Crippen LogP contribution is 2.25. The zero-order valence-corrected chi connectivity index (χ0v) is 9.82. The molecule has 0 unspecified atom stereocenters. The maximum Gasteiger partial charge on any atom is 0.127 e. The van der Waals surface area contributed by atoms with Gasteiger partial charge in [-0.1, -0.05) is 6.92 Å². The Balaban J connectivity index is 1.74. The standard InChI is InChI=1S/C12H20N4/c1-2-16(11-3-4-11)8-7-15-12-9-10(13)5-6-14-12/h5-6,9,11H,2-4,7-8H2,1H3,(H3,13,14,15). The van der Waals surface area contributed by atoms with Gasteiger partial charge in [0.1, 0.15) is 5.82 Å². The molecule has 1 fully saturated rings. The fourth-order valence-electron chi connectivity index (χ4n) is 1.91. The summed E-state index contributed by atoms with van der Waals surface area (Å²) in [4.78, 5) is 6.73. The van der Waals surface area contributed by atoms with E-state index in [0.717, 1.165) is 37.2 Å². The summed E-state index contributed by atoms with van der Waals surface area (Å²) in [5.41, 5.74) is 6.44. The first-order valence-corrected chi connectivity index (χ1v) is 5.99. The molecule has 4 heteroatoms. The number of rotatable bonds is 6. The van der Waals surface area contributed by atoms with Crippen molar-refractivity contribution in [3.05, 3.63) is 18.3 Å². The predicted molar refractivity (Wildman–Crippen MR) is 67.4 cm³/mol. The van der Waals surface area contributed by atoms with Gasteiger partial charge in [-0.15, -0.1) is 0 Å². The van der Waals surface area contributed by atoms with Crippen molar-refractivity contribution in [2.45, 2.75) is 25.8 Å². The Bertz CT molecular complexity index is 336. The zero-order valence-electron chi connectivity index (χ0n) is 9.82. The van der Waals surface area contributed by atoms with E-state index in [4.69, 9.17) is 5.73 Å². The first kappa shape index (κ1) is 11.2. The molecule has 2 rings (SSSR count). The van der Waals surface area contributed by atoms with Gasteiger partial charge in [0.2, 0.25) is 0 Å². The Morgan fingerprint density at radius 1 is 1.56 bits per heavy atom. The molecular weight excluding hydrogens is 200 g/mol. The summed E-state index contributed by atoms with van der Waals surface area (Å²) in [7, 11) is 0. The van der Waals surface area contributed by atoms with E-state index < -0.39 is 0 Å². The van der Waals surface area contributed by atoms with Crippen molar-refractivity contribution in [1.29, 1.82) is 0 Å². The molecule has 16 heavy (non-hydrogen) atoms. The van der Waals surface area contributed by atoms with Crippen LogP contribution in [0, 0.1) is 0 Å². The number of aromatic nitrogens is 1. The molecule has 0 atom stereocenters. The molecule has 1 aliphatic rings. The molecule has 1 aromatic heterocycles. The van der Waals surface area contributed by atoms with Crippen molar-refractivity contribution in [2.24, 2.45) is 0 Å². The van der Waals surface area contributed by atoms with Gasteiger partial charge in [0.25, 0.3) is 0 Å². The van der Waals surface area contributed by atoms with Gasteiger partial charge in [0.05, 0.1) is 0 Å². The summed E-state index contributed by atoms with van der Waals surface area (Å²) < 4.78 is 0. The van der Waals surface area contributed by atoms with Crippen LogP contribution in [0.4, 0.5) is 11.5 Å². The largest absolute Gasteiger partial charge is 0.399 e. The van der Waals surface area contributed by atoms with E-state index in [2.05, 4.69) is 22.1 Å². The molecule has 0 bridgehead atoms. The number of anilines is 2. The molecule has 0 spiro atoms. The lowest BCUT2D eigenvalue weighted by Gasteiger charge is -2.19. The van der Waals surface area contributed by atoms with Crippen molar-refractivity contribution in [2.75, 3.05) is 30.7 Å². The Labute approximate surface area is 96.8 Å². The van der Waals surface area contributed by atoms with E-state index in [0.29, 0.717) is 0 Å². The predicted octanol–water partition coefficient (Wildman–Crippen LogP) is 1.56. The van der Waals surface area contributed by atoms with Crippen molar-refractivity contribution in [1.82, 2.24) is 9.88 Å². The maximum absolute atomic E-state index is 5.68. The van der Waals surface area contributed by atoms with Crippen LogP contribution in [-0.2, 0) is 0 Å². The SMILES string of the molecule is CCN(CCNc1cc(N)ccn1)C1CC1. The summed E-state index contributed by atoms with van der Waals surface area (Å²) in [6.07, 6.45) is 4.46. The zero-order chi connectivity index (χ0) is 11.4. The Hall–Kier alpha value is -1.29. The molecule has 1 aromatic rings. The summed E-state index contributed by atoms with van der Waals surface area (Å²) in [6, 6.07) is 4.50. The van der Waals surface area contributed by atoms with Gasteiger partial charge in [0.15, 0.2) is 0 Å². The number of nitrogens with one attached hydrogen (secondary N) is 1. The highest BCUT2D eigenvalue weighted by molar-refractivity contribution is 5.48. The number of nitrogens with two attached hydrogens (primary N) is 1. The third-order valence-corrected chi connectivity index (χ3v) is 2.96. The lowest BCUT2D eigenvalue weighted by molar-refractivity contribution is 0.289. The normalized spacial score (nSPS) is 15.4. The second-order valence-electron chi connectivity index (χ2n) is 4.26. The van der Waals surface area contributed by atoms with Gasteiger partial charge in [-0.2, -0.15) is 0 Å². The minimum atomic E-state index is 0.757. The molecule has 1 aliphatic carbocycles. The quantitative estimate of drug-likeness (QED) is 0.764. The van der Waals surface area contributed by atoms with Crippen molar-refractivity contribution in [3.8, 4) is 0 Å². The van der Waals surface area contributed by atoms with Crippen molar-refractivity contribution >= 4 is 11.5 Å². The van der Waals surface area contributed by atoms with Crippen molar-refractivity contribution < 1.29 is 0 Å². The van der Waals surface area contributed by atoms with Crippen LogP contribution in [0.2, 0.25) is 0 Å². The molecular formula is C12H20N4. The lowest BCUT2D eigenvalue weighted by atomic mass is 10.4. The molecule has 4 nitrogen and oxygen atoms in total. The number of nitrogens with zero attached hydrogens (tertiary/aromatic N) is 2. The van der Waals surface area contributed by atoms with Crippen LogP contribution < -0.4 is 11.1 Å². The Kier molecular flexibility index (Phi) is 3.62. The smallest absolute Gasteiger partial charge is 0.127 e. The Morgan fingerprint density at radius 2 is 2.38 bits per heavy atom. The average Bonchev–Trinajstić information content (AvgIpc) is 3.08. The van der Waals surface area contributed by atoms with Crippen LogP contribution in [0.25, 0.3) is 0 Å². The third kappa shape index (κ3) is 3.10. The molecule has 0 aliphatic heterocycles. The molecule has 88 valence electrons. The summed E-state index contributed by atoms with van der Waals surface area (Å²) in [5, 5.41) is 3.30. The van der Waals surface area contributed by atoms with Gasteiger partial charge in [-0.25, -0.2) is 4.98 Å². The number of hydrogen-bond donors (Lipinski definition) is 2. The number of likely N-dealkylation sites (N-methyl/N-ethyl adjacent to an activating group) is 1. The third-order valence-electron chi connectivity index (χ3n) is 2.96. The summed E-state index contributed by atoms with van der Waals surface area (Å²) >= 11 is 0. The first-order valence-electron chi connectivity index (χ1n) is 5.99. The minimum Gasteiger partial charge on any atom is -0.399 e. The highest BCUT2D eigenvalue weighted by atomic mass is 15.2. The van der Waals surface area contributed by atoms with Crippen LogP contribution in [0.1, 0.15) is 19.8 Å². The van der Waals surface area contributed by atoms with Gasteiger partial charge >= 0.3 is 0 Å². The lowest BCUT2D eigenvalue weighted by Crippen LogP contribution is -2.31. The Morgan fingerprint density at radius 3 is 3.00 bits per heavy atom. The maximum atomic E-state index is 5.68. The molecule has 0 saturated heterocycles. The number of nitrogen functional groups attached to an aromatic ring is 1. The van der Waals surface area contributed by atoms with E-state index >= 15 is 0 Å². The monoisotopic (exact) mass is 220 g/mol. The first-order chi connectivity index (χ1) is 7.79. The minimum absolute atomic E-state index is 0.757. The van der Waals surface area contributed by atoms with Gasteiger partial charge in [0, 0.05) is 37.1 Å². The molecule has 0 aromatic carbocycles. The molecule has 1 saturated carbocycles. The molecule has 3 N–H and O–H groups in total. The summed E-state index contributed by atoms with van der Waals surface area (Å²) in [5.74, 6) is 0.867. The number of hydrogen-bond acceptors (Lipinski definition) is 4. The van der Waals surface area contributed by atoms with Gasteiger partial charge in [-0.05, 0) is 25.5 Å². The second-order valence-corrected chi connectivity index (χ2v) is 4.26. The second kappa shape index (κ2) is 5.16. The van der Waals surface area contributed by atoms with E-state index in [1.807, 2.05) is 6.07 Å². The highest BCUT2D eigenvalue weighted by Gasteiger charge is 2.26. The van der Waals surface area contributed by atoms with Crippen molar-refractivity contribution in [3.63, 3.8) is 0 Å². The van der Waals surface area contributed by atoms with Gasteiger partial charge < -0.3 is 11.1 Å². The molecule has 1 heterocycles. The number of pyridine rings is 1. The fraction of sp³-hybridized carbons (Fsp3) is 0.583. The van der Waals surface area contributed by atoms with Crippen LogP contribution in [-0.4, -0.2) is 35.6 Å². The van der Waals surface area contributed by atoms with Crippen LogP contribution in [0.15, 0.2) is 18.3 Å². The van der Waals surface area contributed by atoms with E-state index in [1.54, 1.807) is 12.3 Å². The topological polar surface area (TPSA) is 54.2 Å². The van der Waals surface area contributed by atoms with E-state index in [9.17, 15) is 0 Å². The van der Waals surface area contributed by atoms with Crippen LogP contribution >= 0.6 is 0 Å².